The zero-order valence-corrected chi connectivity index (χ0v) is 19.7. The zero-order chi connectivity index (χ0) is 26.9. The molecule has 0 aliphatic heterocycles. The highest BCUT2D eigenvalue weighted by atomic mass is 35.5. The number of halogens is 5. The van der Waals surface area contributed by atoms with Gasteiger partial charge in [-0.25, -0.2) is 19.0 Å². The highest BCUT2D eigenvalue weighted by Crippen LogP contribution is 2.32. The molecule has 2 N–H and O–H groups in total. The summed E-state index contributed by atoms with van der Waals surface area (Å²) in [5.41, 5.74) is 0.455. The second kappa shape index (κ2) is 9.97. The van der Waals surface area contributed by atoms with Gasteiger partial charge in [0.25, 0.3) is 0 Å². The van der Waals surface area contributed by atoms with E-state index in [-0.39, 0.29) is 49.7 Å². The molecular formula is C22H16ClF4N5O5. The largest absolute Gasteiger partial charge is 0.493 e. The van der Waals surface area contributed by atoms with Gasteiger partial charge in [0.2, 0.25) is 5.95 Å². The molecule has 37 heavy (non-hydrogen) atoms. The molecule has 0 spiro atoms. The van der Waals surface area contributed by atoms with Crippen LogP contribution in [0.5, 0.6) is 5.75 Å². The number of nitrogens with one attached hydrogen (secondary N) is 2. The molecule has 2 aromatic heterocycles. The van der Waals surface area contributed by atoms with Crippen LogP contribution in [0.4, 0.5) is 40.7 Å². The SMILES string of the molecule is CCc1ccc(Nc2ncc(Cl)c(Nc3ccc4oc(=O)n(OC(=O)C(F)(F)F)c4c3)n2)c(F)c1OC. The summed E-state index contributed by atoms with van der Waals surface area (Å²) in [6.45, 7) is 1.85. The molecule has 0 atom stereocenters. The Morgan fingerprint density at radius 1 is 1.22 bits per heavy atom. The molecule has 4 rings (SSSR count). The van der Waals surface area contributed by atoms with E-state index in [0.717, 1.165) is 0 Å². The summed E-state index contributed by atoms with van der Waals surface area (Å²) in [5.74, 6) is -4.54. The van der Waals surface area contributed by atoms with Crippen LogP contribution in [0.1, 0.15) is 12.5 Å². The van der Waals surface area contributed by atoms with Gasteiger partial charge in [-0.2, -0.15) is 18.2 Å². The standard InChI is InChI=1S/C22H16ClF4N5O5/c1-3-10-4-6-13(16(24)17(10)35-2)30-20-28-9-12(23)18(31-20)29-11-5-7-15-14(8-11)32(21(34)36-15)37-19(33)22(25,26)27/h4-9H,3H2,1-2H3,(H2,28,29,30,31). The zero-order valence-electron chi connectivity index (χ0n) is 18.9. The summed E-state index contributed by atoms with van der Waals surface area (Å²) in [4.78, 5) is 35.4. The number of nitrogens with zero attached hydrogens (tertiary/aromatic N) is 3. The van der Waals surface area contributed by atoms with Crippen molar-refractivity contribution >= 4 is 51.8 Å². The van der Waals surface area contributed by atoms with Gasteiger partial charge >= 0.3 is 17.9 Å². The van der Waals surface area contributed by atoms with Gasteiger partial charge in [0.1, 0.15) is 10.5 Å². The Labute approximate surface area is 209 Å². The van der Waals surface area contributed by atoms with Crippen molar-refractivity contribution in [2.45, 2.75) is 19.5 Å². The van der Waals surface area contributed by atoms with E-state index in [1.807, 2.05) is 6.92 Å². The first kappa shape index (κ1) is 25.8. The molecule has 0 radical (unpaired) electrons. The van der Waals surface area contributed by atoms with Gasteiger partial charge < -0.3 is 24.6 Å². The second-order valence-corrected chi connectivity index (χ2v) is 7.74. The third-order valence-corrected chi connectivity index (χ3v) is 5.24. The van der Waals surface area contributed by atoms with E-state index in [1.165, 1.54) is 37.6 Å². The average molecular weight is 542 g/mol. The number of hydrogen-bond donors (Lipinski definition) is 2. The van der Waals surface area contributed by atoms with E-state index in [9.17, 15) is 27.2 Å². The molecule has 0 bridgehead atoms. The molecule has 0 fully saturated rings. The van der Waals surface area contributed by atoms with Gasteiger partial charge in [0.15, 0.2) is 23.0 Å². The van der Waals surface area contributed by atoms with Crippen LogP contribution >= 0.6 is 11.6 Å². The molecule has 15 heteroatoms. The summed E-state index contributed by atoms with van der Waals surface area (Å²) in [6, 6.07) is 7.01. The molecule has 194 valence electrons. The fourth-order valence-corrected chi connectivity index (χ4v) is 3.40. The number of alkyl halides is 3. The van der Waals surface area contributed by atoms with Gasteiger partial charge in [0.05, 0.1) is 19.0 Å². The van der Waals surface area contributed by atoms with Crippen LogP contribution < -0.4 is 26.0 Å². The number of aryl methyl sites for hydroxylation is 1. The average Bonchev–Trinajstić information content (AvgIpc) is 3.15. The van der Waals surface area contributed by atoms with E-state index in [0.29, 0.717) is 12.0 Å². The van der Waals surface area contributed by atoms with E-state index in [2.05, 4.69) is 25.4 Å². The maximum atomic E-state index is 14.9. The van der Waals surface area contributed by atoms with E-state index in [1.54, 1.807) is 6.07 Å². The van der Waals surface area contributed by atoms with Crippen LogP contribution in [-0.2, 0) is 11.2 Å². The van der Waals surface area contributed by atoms with Crippen molar-refractivity contribution in [1.29, 1.82) is 0 Å². The van der Waals surface area contributed by atoms with Gasteiger partial charge in [-0.05, 0) is 36.2 Å². The lowest BCUT2D eigenvalue weighted by Gasteiger charge is -2.13. The Morgan fingerprint density at radius 2 is 1.97 bits per heavy atom. The van der Waals surface area contributed by atoms with Crippen LogP contribution in [0, 0.1) is 5.82 Å². The number of oxazole rings is 1. The lowest BCUT2D eigenvalue weighted by Crippen LogP contribution is -2.36. The number of fused-ring (bicyclic) bond motifs is 1. The van der Waals surface area contributed by atoms with Crippen molar-refractivity contribution in [3.63, 3.8) is 0 Å². The third-order valence-electron chi connectivity index (χ3n) is 4.96. The number of anilines is 4. The van der Waals surface area contributed by atoms with E-state index >= 15 is 0 Å². The first-order valence-corrected chi connectivity index (χ1v) is 10.8. The van der Waals surface area contributed by atoms with Gasteiger partial charge in [-0.1, -0.05) is 29.3 Å². The first-order chi connectivity index (χ1) is 17.5. The Bertz CT molecular complexity index is 1550. The van der Waals surface area contributed by atoms with E-state index in [4.69, 9.17) is 20.8 Å². The smallest absolute Gasteiger partial charge is 0.493 e. The molecule has 0 amide bonds. The van der Waals surface area contributed by atoms with Gasteiger partial charge in [0, 0.05) is 5.69 Å². The number of carbonyl (C=O) groups is 1. The minimum atomic E-state index is -5.34. The van der Waals surface area contributed by atoms with Crippen molar-refractivity contribution in [2.75, 3.05) is 17.7 Å². The lowest BCUT2D eigenvalue weighted by atomic mass is 10.1. The molecule has 0 unspecified atom stereocenters. The number of methoxy groups -OCH3 is 1. The van der Waals surface area contributed by atoms with E-state index < -0.39 is 23.7 Å². The second-order valence-electron chi connectivity index (χ2n) is 7.33. The quantitative estimate of drug-likeness (QED) is 0.319. The Balaban J connectivity index is 1.63. The van der Waals surface area contributed by atoms with Gasteiger partial charge in [-0.3, -0.25) is 0 Å². The highest BCUT2D eigenvalue weighted by molar-refractivity contribution is 6.32. The van der Waals surface area contributed by atoms with Crippen LogP contribution in [0.15, 0.2) is 45.7 Å². The Kier molecular flexibility index (Phi) is 6.94. The molecule has 2 aromatic carbocycles. The predicted octanol–water partition coefficient (Wildman–Crippen LogP) is 4.75. The highest BCUT2D eigenvalue weighted by Gasteiger charge is 2.42. The van der Waals surface area contributed by atoms with Gasteiger partial charge in [-0.15, -0.1) is 0 Å². The predicted molar refractivity (Wildman–Crippen MR) is 124 cm³/mol. The van der Waals surface area contributed by atoms with Crippen molar-refractivity contribution in [1.82, 2.24) is 14.7 Å². The maximum Gasteiger partial charge on any atom is 0.493 e. The van der Waals surface area contributed by atoms with Crippen molar-refractivity contribution in [2.24, 2.45) is 0 Å². The third kappa shape index (κ3) is 5.28. The van der Waals surface area contributed by atoms with Crippen LogP contribution in [0.3, 0.4) is 0 Å². The molecule has 0 aliphatic carbocycles. The van der Waals surface area contributed by atoms with Crippen molar-refractivity contribution in [3.8, 4) is 5.75 Å². The molecule has 10 nitrogen and oxygen atoms in total. The molecular weight excluding hydrogens is 526 g/mol. The van der Waals surface area contributed by atoms with Crippen molar-refractivity contribution in [3.05, 3.63) is 63.5 Å². The number of benzene rings is 2. The topological polar surface area (TPSA) is 121 Å². The number of ether oxygens (including phenoxy) is 1. The van der Waals surface area contributed by atoms with Crippen LogP contribution in [0.2, 0.25) is 5.02 Å². The number of rotatable bonds is 7. The normalized spacial score (nSPS) is 11.4. The summed E-state index contributed by atoms with van der Waals surface area (Å²) >= 11 is 6.16. The summed E-state index contributed by atoms with van der Waals surface area (Å²) in [6.07, 6.45) is -3.56. The number of hydrogen-bond acceptors (Lipinski definition) is 9. The molecule has 0 saturated heterocycles. The number of carbonyl (C=O) groups excluding carboxylic acids is 1. The van der Waals surface area contributed by atoms with Crippen LogP contribution in [-0.4, -0.2) is 34.0 Å². The minimum absolute atomic E-state index is 0.0285. The summed E-state index contributed by atoms with van der Waals surface area (Å²) in [7, 11) is 1.35. The fraction of sp³-hybridized carbons (Fsp3) is 0.182. The minimum Gasteiger partial charge on any atom is -0.493 e. The molecule has 0 aliphatic rings. The first-order valence-electron chi connectivity index (χ1n) is 10.4. The fourth-order valence-electron chi connectivity index (χ4n) is 3.26. The lowest BCUT2D eigenvalue weighted by molar-refractivity contribution is -0.200. The molecule has 2 heterocycles. The summed E-state index contributed by atoms with van der Waals surface area (Å²) in [5, 5.41) is 5.57. The van der Waals surface area contributed by atoms with Crippen LogP contribution in [0.25, 0.3) is 11.1 Å². The molecule has 0 saturated carbocycles. The molecule has 4 aromatic rings. The Hall–Kier alpha value is -4.33. The van der Waals surface area contributed by atoms with Crippen molar-refractivity contribution < 1.29 is 36.3 Å². The maximum absolute atomic E-state index is 14.9. The number of aromatic nitrogens is 3. The Morgan fingerprint density at radius 3 is 2.65 bits per heavy atom. The monoisotopic (exact) mass is 541 g/mol. The summed E-state index contributed by atoms with van der Waals surface area (Å²) < 4.78 is 62.6.